The largest absolute Gasteiger partial charge is 0.496 e. The normalized spacial score (nSPS) is 13.6. The van der Waals surface area contributed by atoms with Gasteiger partial charge in [-0.25, -0.2) is 0 Å². The minimum Gasteiger partial charge on any atom is -0.496 e. The number of likely N-dealkylation sites (N-methyl/N-ethyl adjacent to an activating group) is 1. The summed E-state index contributed by atoms with van der Waals surface area (Å²) in [6, 6.07) is 12.9. The van der Waals surface area contributed by atoms with Crippen LogP contribution in [0.15, 0.2) is 42.0 Å². The monoisotopic (exact) mass is 255 g/mol. The lowest BCUT2D eigenvalue weighted by atomic mass is 10.00. The summed E-state index contributed by atoms with van der Waals surface area (Å²) in [6.07, 6.45) is 2.24. The molecule has 0 aromatic heterocycles. The molecule has 0 bridgehead atoms. The molecule has 0 aliphatic carbocycles. The fourth-order valence-corrected chi connectivity index (χ4v) is 2.20. The average molecular weight is 255 g/mol. The van der Waals surface area contributed by atoms with Crippen molar-refractivity contribution in [2.24, 2.45) is 0 Å². The number of methoxy groups -OCH3 is 1. The van der Waals surface area contributed by atoms with E-state index in [4.69, 9.17) is 4.74 Å². The molecule has 2 nitrogen and oxygen atoms in total. The molecule has 19 heavy (non-hydrogen) atoms. The van der Waals surface area contributed by atoms with Gasteiger partial charge in [0.2, 0.25) is 0 Å². The minimum absolute atomic E-state index is 0.376. The molecule has 0 spiro atoms. The molecule has 2 aromatic carbocycles. The fourth-order valence-electron chi connectivity index (χ4n) is 2.20. The maximum Gasteiger partial charge on any atom is 0.126 e. The van der Waals surface area contributed by atoms with Crippen LogP contribution in [0, 0.1) is 0 Å². The predicted molar refractivity (Wildman–Crippen MR) is 82.7 cm³/mol. The highest BCUT2D eigenvalue weighted by molar-refractivity contribution is 5.95. The lowest BCUT2D eigenvalue weighted by Crippen LogP contribution is -2.21. The van der Waals surface area contributed by atoms with Crippen LogP contribution < -0.4 is 10.1 Å². The van der Waals surface area contributed by atoms with Crippen LogP contribution in [0.4, 0.5) is 0 Å². The topological polar surface area (TPSA) is 21.3 Å². The Morgan fingerprint density at radius 2 is 1.84 bits per heavy atom. The van der Waals surface area contributed by atoms with E-state index in [1.807, 2.05) is 19.2 Å². The van der Waals surface area contributed by atoms with Gasteiger partial charge in [-0.1, -0.05) is 42.0 Å². The average Bonchev–Trinajstić information content (AvgIpc) is 2.46. The van der Waals surface area contributed by atoms with Crippen molar-refractivity contribution in [1.29, 1.82) is 0 Å². The van der Waals surface area contributed by atoms with Gasteiger partial charge in [-0.15, -0.1) is 0 Å². The van der Waals surface area contributed by atoms with Crippen LogP contribution in [-0.2, 0) is 0 Å². The van der Waals surface area contributed by atoms with Gasteiger partial charge in [-0.3, -0.25) is 0 Å². The smallest absolute Gasteiger partial charge is 0.126 e. The summed E-state index contributed by atoms with van der Waals surface area (Å²) >= 11 is 0. The van der Waals surface area contributed by atoms with Crippen molar-refractivity contribution in [1.82, 2.24) is 5.32 Å². The van der Waals surface area contributed by atoms with E-state index in [2.05, 4.69) is 49.5 Å². The van der Waals surface area contributed by atoms with Crippen LogP contribution in [0.1, 0.15) is 19.4 Å². The Morgan fingerprint density at radius 1 is 1.16 bits per heavy atom. The summed E-state index contributed by atoms with van der Waals surface area (Å²) < 4.78 is 5.42. The maximum atomic E-state index is 5.42. The molecule has 0 aliphatic rings. The van der Waals surface area contributed by atoms with Crippen molar-refractivity contribution in [3.63, 3.8) is 0 Å². The molecule has 0 saturated carbocycles. The van der Waals surface area contributed by atoms with Crippen molar-refractivity contribution in [3.8, 4) is 5.75 Å². The van der Waals surface area contributed by atoms with E-state index in [0.717, 1.165) is 11.1 Å². The quantitative estimate of drug-likeness (QED) is 0.895. The van der Waals surface area contributed by atoms with Gasteiger partial charge in [-0.05, 0) is 37.9 Å². The molecule has 0 heterocycles. The molecular formula is C17H21NO. The number of hydrogen-bond acceptors (Lipinski definition) is 2. The predicted octanol–water partition coefficient (Wildman–Crippen LogP) is 3.86. The Hall–Kier alpha value is -1.80. The van der Waals surface area contributed by atoms with Crippen LogP contribution in [0.3, 0.4) is 0 Å². The lowest BCUT2D eigenvalue weighted by molar-refractivity contribution is 0.420. The Labute approximate surface area is 115 Å². The first-order valence-electron chi connectivity index (χ1n) is 6.58. The molecule has 1 N–H and O–H groups in total. The highest BCUT2D eigenvalue weighted by Crippen LogP contribution is 2.29. The Bertz CT molecular complexity index is 601. The molecule has 2 rings (SSSR count). The van der Waals surface area contributed by atoms with Crippen molar-refractivity contribution in [2.45, 2.75) is 19.9 Å². The molecule has 0 amide bonds. The zero-order valence-electron chi connectivity index (χ0n) is 12.0. The van der Waals surface area contributed by atoms with Crippen LogP contribution in [-0.4, -0.2) is 20.2 Å². The molecule has 100 valence electrons. The van der Waals surface area contributed by atoms with Gasteiger partial charge in [0.25, 0.3) is 0 Å². The molecule has 0 aliphatic heterocycles. The molecule has 2 aromatic rings. The first-order chi connectivity index (χ1) is 9.17. The third-order valence-corrected chi connectivity index (χ3v) is 3.64. The van der Waals surface area contributed by atoms with Crippen molar-refractivity contribution in [3.05, 3.63) is 47.5 Å². The number of nitrogens with one attached hydrogen (secondary N) is 1. The second-order valence-corrected chi connectivity index (χ2v) is 4.80. The van der Waals surface area contributed by atoms with Gasteiger partial charge >= 0.3 is 0 Å². The van der Waals surface area contributed by atoms with Crippen LogP contribution >= 0.6 is 0 Å². The van der Waals surface area contributed by atoms with E-state index in [9.17, 15) is 0 Å². The van der Waals surface area contributed by atoms with Gasteiger partial charge < -0.3 is 10.1 Å². The van der Waals surface area contributed by atoms with E-state index in [0.29, 0.717) is 6.04 Å². The number of ether oxygens (including phenoxy) is 1. The lowest BCUT2D eigenvalue weighted by Gasteiger charge is -2.12. The molecule has 1 unspecified atom stereocenters. The zero-order valence-corrected chi connectivity index (χ0v) is 12.0. The number of hydrogen-bond donors (Lipinski definition) is 1. The zero-order chi connectivity index (χ0) is 13.8. The Morgan fingerprint density at radius 3 is 2.47 bits per heavy atom. The second kappa shape index (κ2) is 5.89. The molecular weight excluding hydrogens is 234 g/mol. The van der Waals surface area contributed by atoms with Crippen LogP contribution in [0.2, 0.25) is 0 Å². The van der Waals surface area contributed by atoms with E-state index < -0.39 is 0 Å². The highest BCUT2D eigenvalue weighted by atomic mass is 16.5. The van der Waals surface area contributed by atoms with Crippen LogP contribution in [0.5, 0.6) is 5.75 Å². The molecule has 0 radical (unpaired) electrons. The van der Waals surface area contributed by atoms with Gasteiger partial charge in [0, 0.05) is 11.4 Å². The summed E-state index contributed by atoms with van der Waals surface area (Å²) in [4.78, 5) is 0. The molecule has 0 saturated heterocycles. The van der Waals surface area contributed by atoms with Gasteiger partial charge in [0.15, 0.2) is 0 Å². The van der Waals surface area contributed by atoms with Crippen molar-refractivity contribution < 1.29 is 4.74 Å². The molecule has 0 fully saturated rings. The summed E-state index contributed by atoms with van der Waals surface area (Å²) in [5.74, 6) is 0.923. The molecule has 1 atom stereocenters. The second-order valence-electron chi connectivity index (χ2n) is 4.80. The van der Waals surface area contributed by atoms with E-state index >= 15 is 0 Å². The van der Waals surface area contributed by atoms with E-state index in [-0.39, 0.29) is 0 Å². The summed E-state index contributed by atoms with van der Waals surface area (Å²) in [6.45, 7) is 4.32. The number of rotatable bonds is 4. The summed E-state index contributed by atoms with van der Waals surface area (Å²) in [7, 11) is 3.69. The maximum absolute atomic E-state index is 5.42. The van der Waals surface area contributed by atoms with E-state index in [1.54, 1.807) is 7.11 Å². The number of fused-ring (bicyclic) bond motifs is 1. The van der Waals surface area contributed by atoms with Crippen molar-refractivity contribution in [2.75, 3.05) is 14.2 Å². The summed E-state index contributed by atoms with van der Waals surface area (Å²) in [5.41, 5.74) is 2.55. The van der Waals surface area contributed by atoms with Crippen LogP contribution in [0.25, 0.3) is 16.8 Å². The number of benzene rings is 2. The van der Waals surface area contributed by atoms with Crippen molar-refractivity contribution >= 4 is 16.8 Å². The third kappa shape index (κ3) is 2.79. The highest BCUT2D eigenvalue weighted by Gasteiger charge is 2.06. The standard InChI is InChI=1S/C17H21NO/c1-12(13(2)18-3)11-14-9-10-17(19-4)16-8-6-5-7-15(14)16/h5-11,13,18H,1-4H3/b12-11+. The summed E-state index contributed by atoms with van der Waals surface area (Å²) in [5, 5.41) is 5.65. The Kier molecular flexibility index (Phi) is 4.23. The van der Waals surface area contributed by atoms with Gasteiger partial charge in [0.1, 0.15) is 5.75 Å². The van der Waals surface area contributed by atoms with Gasteiger partial charge in [-0.2, -0.15) is 0 Å². The molecule has 2 heteroatoms. The SMILES string of the molecule is CNC(C)/C(C)=C/c1ccc(OC)c2ccccc12. The van der Waals surface area contributed by atoms with Gasteiger partial charge in [0.05, 0.1) is 7.11 Å². The Balaban J connectivity index is 2.57. The van der Waals surface area contributed by atoms with E-state index in [1.165, 1.54) is 16.5 Å². The third-order valence-electron chi connectivity index (χ3n) is 3.64. The fraction of sp³-hybridized carbons (Fsp3) is 0.294. The first kappa shape index (κ1) is 13.6. The first-order valence-corrected chi connectivity index (χ1v) is 6.58. The minimum atomic E-state index is 0.376.